The minimum atomic E-state index is 0. The Kier molecular flexibility index (Phi) is 14.6. The van der Waals surface area contributed by atoms with E-state index in [1.807, 2.05) is 6.92 Å². The van der Waals surface area contributed by atoms with E-state index in [0.29, 0.717) is 19.0 Å². The van der Waals surface area contributed by atoms with Gasteiger partial charge < -0.3 is 20.7 Å². The first-order valence-corrected chi connectivity index (χ1v) is 8.58. The van der Waals surface area contributed by atoms with Crippen LogP contribution in [0.1, 0.15) is 51.9 Å². The maximum absolute atomic E-state index is 11.9. The standard InChI is InChI=1S/C16H32N4O2.HI/c1-3-22-13-7-11-18-16(17-2)19-12-10-15(21)20-14-8-5-4-6-9-14;/h14H,3-13H2,1-2H3,(H,20,21)(H2,17,18,19);1H. The van der Waals surface area contributed by atoms with Crippen LogP contribution < -0.4 is 16.0 Å². The van der Waals surface area contributed by atoms with E-state index in [2.05, 4.69) is 20.9 Å². The van der Waals surface area contributed by atoms with Gasteiger partial charge in [0.1, 0.15) is 0 Å². The molecule has 0 aromatic heterocycles. The van der Waals surface area contributed by atoms with Crippen molar-refractivity contribution >= 4 is 35.8 Å². The Bertz CT molecular complexity index is 334. The topological polar surface area (TPSA) is 74.8 Å². The molecule has 1 fully saturated rings. The fraction of sp³-hybridized carbons (Fsp3) is 0.875. The Morgan fingerprint density at radius 3 is 2.52 bits per heavy atom. The Balaban J connectivity index is 0.00000484. The third-order valence-corrected chi connectivity index (χ3v) is 3.80. The lowest BCUT2D eigenvalue weighted by Crippen LogP contribution is -2.41. The summed E-state index contributed by atoms with van der Waals surface area (Å²) in [5.41, 5.74) is 0. The largest absolute Gasteiger partial charge is 0.382 e. The highest BCUT2D eigenvalue weighted by molar-refractivity contribution is 14.0. The molecule has 6 nitrogen and oxygen atoms in total. The van der Waals surface area contributed by atoms with E-state index in [4.69, 9.17) is 4.74 Å². The number of rotatable bonds is 9. The van der Waals surface area contributed by atoms with Gasteiger partial charge in [0.15, 0.2) is 5.96 Å². The van der Waals surface area contributed by atoms with Crippen molar-refractivity contribution in [1.29, 1.82) is 0 Å². The van der Waals surface area contributed by atoms with Gasteiger partial charge in [-0.3, -0.25) is 9.79 Å². The number of nitrogens with zero attached hydrogens (tertiary/aromatic N) is 1. The maximum Gasteiger partial charge on any atom is 0.221 e. The van der Waals surface area contributed by atoms with Gasteiger partial charge >= 0.3 is 0 Å². The average Bonchev–Trinajstić information content (AvgIpc) is 2.54. The Morgan fingerprint density at radius 2 is 1.87 bits per heavy atom. The van der Waals surface area contributed by atoms with E-state index < -0.39 is 0 Å². The van der Waals surface area contributed by atoms with Crippen LogP contribution in [-0.4, -0.2) is 51.3 Å². The molecule has 0 radical (unpaired) electrons. The van der Waals surface area contributed by atoms with E-state index in [1.165, 1.54) is 19.3 Å². The van der Waals surface area contributed by atoms with Crippen molar-refractivity contribution in [2.24, 2.45) is 4.99 Å². The molecule has 7 heteroatoms. The van der Waals surface area contributed by atoms with Gasteiger partial charge in [0.25, 0.3) is 0 Å². The molecule has 0 spiro atoms. The van der Waals surface area contributed by atoms with Crippen LogP contribution in [0.2, 0.25) is 0 Å². The van der Waals surface area contributed by atoms with Crippen molar-refractivity contribution in [2.45, 2.75) is 57.9 Å². The summed E-state index contributed by atoms with van der Waals surface area (Å²) in [5, 5.41) is 9.50. The fourth-order valence-electron chi connectivity index (χ4n) is 2.59. The second-order valence-corrected chi connectivity index (χ2v) is 5.63. The maximum atomic E-state index is 11.9. The van der Waals surface area contributed by atoms with Gasteiger partial charge in [-0.2, -0.15) is 0 Å². The van der Waals surface area contributed by atoms with Gasteiger partial charge in [-0.15, -0.1) is 24.0 Å². The van der Waals surface area contributed by atoms with Gasteiger partial charge in [0.2, 0.25) is 5.91 Å². The van der Waals surface area contributed by atoms with E-state index in [0.717, 1.165) is 45.0 Å². The summed E-state index contributed by atoms with van der Waals surface area (Å²) in [6, 6.07) is 0.386. The molecule has 1 aliphatic carbocycles. The molecule has 1 rings (SSSR count). The number of hydrogen-bond donors (Lipinski definition) is 3. The van der Waals surface area contributed by atoms with E-state index in [1.54, 1.807) is 7.05 Å². The first kappa shape index (κ1) is 22.4. The first-order valence-electron chi connectivity index (χ1n) is 8.58. The molecule has 0 heterocycles. The van der Waals surface area contributed by atoms with Gasteiger partial charge in [-0.25, -0.2) is 0 Å². The molecule has 0 aromatic rings. The first-order chi connectivity index (χ1) is 10.8. The molecular weight excluding hydrogens is 407 g/mol. The lowest BCUT2D eigenvalue weighted by atomic mass is 9.95. The molecule has 136 valence electrons. The van der Waals surface area contributed by atoms with E-state index in [9.17, 15) is 4.79 Å². The van der Waals surface area contributed by atoms with Crippen LogP contribution in [0.5, 0.6) is 0 Å². The van der Waals surface area contributed by atoms with Crippen molar-refractivity contribution in [1.82, 2.24) is 16.0 Å². The third-order valence-electron chi connectivity index (χ3n) is 3.80. The summed E-state index contributed by atoms with van der Waals surface area (Å²) >= 11 is 0. The lowest BCUT2D eigenvalue weighted by molar-refractivity contribution is -0.121. The molecule has 0 aliphatic heterocycles. The zero-order valence-corrected chi connectivity index (χ0v) is 16.9. The summed E-state index contributed by atoms with van der Waals surface area (Å²) in [6.45, 7) is 4.91. The number of carbonyl (C=O) groups is 1. The fourth-order valence-corrected chi connectivity index (χ4v) is 2.59. The van der Waals surface area contributed by atoms with Crippen molar-refractivity contribution < 1.29 is 9.53 Å². The van der Waals surface area contributed by atoms with E-state index in [-0.39, 0.29) is 29.9 Å². The third kappa shape index (κ3) is 11.6. The lowest BCUT2D eigenvalue weighted by Gasteiger charge is -2.22. The van der Waals surface area contributed by atoms with Crippen molar-refractivity contribution in [3.8, 4) is 0 Å². The van der Waals surface area contributed by atoms with Crippen molar-refractivity contribution in [3.05, 3.63) is 0 Å². The van der Waals surface area contributed by atoms with Gasteiger partial charge in [-0.05, 0) is 26.2 Å². The molecule has 0 unspecified atom stereocenters. The number of guanidine groups is 1. The Labute approximate surface area is 157 Å². The molecule has 23 heavy (non-hydrogen) atoms. The number of halogens is 1. The molecule has 0 atom stereocenters. The molecule has 0 bridgehead atoms. The molecule has 1 aliphatic rings. The monoisotopic (exact) mass is 440 g/mol. The quantitative estimate of drug-likeness (QED) is 0.222. The summed E-state index contributed by atoms with van der Waals surface area (Å²) in [5.74, 6) is 0.869. The second kappa shape index (κ2) is 15.0. The van der Waals surface area contributed by atoms with Crippen LogP contribution >= 0.6 is 24.0 Å². The highest BCUT2D eigenvalue weighted by Gasteiger charge is 2.15. The minimum absolute atomic E-state index is 0. The van der Waals surface area contributed by atoms with Crippen molar-refractivity contribution in [2.75, 3.05) is 33.4 Å². The van der Waals surface area contributed by atoms with Crippen LogP contribution in [0.4, 0.5) is 0 Å². The second-order valence-electron chi connectivity index (χ2n) is 5.63. The normalized spacial score (nSPS) is 15.7. The SMILES string of the molecule is CCOCCCNC(=NC)NCCC(=O)NC1CCCCC1.I. The zero-order chi connectivity index (χ0) is 16.0. The number of ether oxygens (including phenoxy) is 1. The van der Waals surface area contributed by atoms with Crippen LogP contribution in [-0.2, 0) is 9.53 Å². The number of hydrogen-bond acceptors (Lipinski definition) is 3. The molecule has 0 aromatic carbocycles. The summed E-state index contributed by atoms with van der Waals surface area (Å²) in [6.07, 6.45) is 7.46. The van der Waals surface area contributed by atoms with Crippen LogP contribution in [0.3, 0.4) is 0 Å². The number of nitrogens with one attached hydrogen (secondary N) is 3. The number of carbonyl (C=O) groups excluding carboxylic acids is 1. The summed E-state index contributed by atoms with van der Waals surface area (Å²) in [4.78, 5) is 16.0. The smallest absolute Gasteiger partial charge is 0.221 e. The molecular formula is C16H33IN4O2. The zero-order valence-electron chi connectivity index (χ0n) is 14.5. The Morgan fingerprint density at radius 1 is 1.17 bits per heavy atom. The van der Waals surface area contributed by atoms with Crippen LogP contribution in [0.15, 0.2) is 4.99 Å². The molecule has 0 saturated heterocycles. The minimum Gasteiger partial charge on any atom is -0.382 e. The average molecular weight is 440 g/mol. The molecule has 1 amide bonds. The van der Waals surface area contributed by atoms with Gasteiger partial charge in [0, 0.05) is 45.8 Å². The number of amides is 1. The van der Waals surface area contributed by atoms with Crippen LogP contribution in [0.25, 0.3) is 0 Å². The number of aliphatic imine (C=N–C) groups is 1. The summed E-state index contributed by atoms with van der Waals surface area (Å²) in [7, 11) is 1.74. The molecule has 1 saturated carbocycles. The predicted molar refractivity (Wildman–Crippen MR) is 106 cm³/mol. The summed E-state index contributed by atoms with van der Waals surface area (Å²) < 4.78 is 5.28. The highest BCUT2D eigenvalue weighted by atomic mass is 127. The molecule has 3 N–H and O–H groups in total. The Hall–Kier alpha value is -0.570. The van der Waals surface area contributed by atoms with Gasteiger partial charge in [0.05, 0.1) is 0 Å². The van der Waals surface area contributed by atoms with Gasteiger partial charge in [-0.1, -0.05) is 19.3 Å². The highest BCUT2D eigenvalue weighted by Crippen LogP contribution is 2.17. The predicted octanol–water partition coefficient (Wildman–Crippen LogP) is 2.03. The van der Waals surface area contributed by atoms with Crippen LogP contribution in [0, 0.1) is 0 Å². The van der Waals surface area contributed by atoms with Crippen molar-refractivity contribution in [3.63, 3.8) is 0 Å². The van der Waals surface area contributed by atoms with E-state index >= 15 is 0 Å².